The molecule has 5 rings (SSSR count). The van der Waals surface area contributed by atoms with Gasteiger partial charge in [-0.3, -0.25) is 4.98 Å². The molecule has 2 aliphatic rings. The molecule has 0 radical (unpaired) electrons. The number of anilines is 2. The third kappa shape index (κ3) is 4.97. The fraction of sp³-hybridized carbons (Fsp3) is 0.565. The molecule has 3 heterocycles. The minimum atomic E-state index is -3.30. The Morgan fingerprint density at radius 1 is 1.09 bits per heavy atom. The van der Waals surface area contributed by atoms with Gasteiger partial charge >= 0.3 is 0 Å². The van der Waals surface area contributed by atoms with Gasteiger partial charge in [-0.1, -0.05) is 0 Å². The van der Waals surface area contributed by atoms with E-state index >= 15 is 0 Å². The molecule has 2 aliphatic carbocycles. The lowest BCUT2D eigenvalue weighted by molar-refractivity contribution is 0.0216. The molecule has 35 heavy (non-hydrogen) atoms. The average molecular weight is 519 g/mol. The van der Waals surface area contributed by atoms with Gasteiger partial charge in [0.15, 0.2) is 0 Å². The number of aliphatic hydroxyl groups is 2. The quantitative estimate of drug-likeness (QED) is 0.367. The lowest BCUT2D eigenvalue weighted by Gasteiger charge is -2.27. The van der Waals surface area contributed by atoms with E-state index in [0.717, 1.165) is 51.3 Å². The predicted molar refractivity (Wildman–Crippen MR) is 136 cm³/mol. The third-order valence-corrected chi connectivity index (χ3v) is 8.94. The summed E-state index contributed by atoms with van der Waals surface area (Å²) in [6, 6.07) is 1.69. The van der Waals surface area contributed by atoms with Crippen LogP contribution in [0.15, 0.2) is 12.3 Å². The Morgan fingerprint density at radius 3 is 2.51 bits per heavy atom. The summed E-state index contributed by atoms with van der Waals surface area (Å²) in [6.45, 7) is 3.82. The highest BCUT2D eigenvalue weighted by Gasteiger charge is 2.43. The normalized spacial score (nSPS) is 25.1. The zero-order valence-electron chi connectivity index (χ0n) is 19.9. The first-order chi connectivity index (χ1) is 16.6. The van der Waals surface area contributed by atoms with E-state index in [9.17, 15) is 18.6 Å². The summed E-state index contributed by atoms with van der Waals surface area (Å²) >= 11 is 1.51. The summed E-state index contributed by atoms with van der Waals surface area (Å²) < 4.78 is 24.7. The van der Waals surface area contributed by atoms with Crippen LogP contribution >= 0.6 is 11.3 Å². The van der Waals surface area contributed by atoms with Crippen LogP contribution in [0.3, 0.4) is 0 Å². The molecule has 0 amide bonds. The summed E-state index contributed by atoms with van der Waals surface area (Å²) in [5, 5.41) is 28.7. The molecule has 188 valence electrons. The number of sulfone groups is 1. The van der Waals surface area contributed by atoms with Gasteiger partial charge in [-0.15, -0.1) is 11.3 Å². The Bertz CT molecular complexity index is 1360. The number of aryl methyl sites for hydroxylation is 2. The van der Waals surface area contributed by atoms with Gasteiger partial charge in [-0.25, -0.2) is 18.4 Å². The molecule has 4 atom stereocenters. The number of pyridine rings is 1. The van der Waals surface area contributed by atoms with Gasteiger partial charge in [0.25, 0.3) is 0 Å². The number of aromatic nitrogens is 4. The maximum Gasteiger partial charge on any atom is 0.225 e. The van der Waals surface area contributed by atoms with Crippen molar-refractivity contribution in [3.63, 3.8) is 0 Å². The molecule has 4 N–H and O–H groups in total. The van der Waals surface area contributed by atoms with Crippen LogP contribution < -0.4 is 10.6 Å². The molecular weight excluding hydrogens is 488 g/mol. The summed E-state index contributed by atoms with van der Waals surface area (Å²) in [6.07, 6.45) is 4.23. The first kappa shape index (κ1) is 24.3. The largest absolute Gasteiger partial charge is 0.390 e. The fourth-order valence-electron chi connectivity index (χ4n) is 4.82. The zero-order valence-corrected chi connectivity index (χ0v) is 21.5. The lowest BCUT2D eigenvalue weighted by Crippen LogP contribution is -2.36. The second kappa shape index (κ2) is 9.23. The van der Waals surface area contributed by atoms with Crippen molar-refractivity contribution in [3.05, 3.63) is 23.7 Å². The number of hydrogen-bond donors (Lipinski definition) is 4. The van der Waals surface area contributed by atoms with Crippen molar-refractivity contribution in [1.29, 1.82) is 0 Å². The van der Waals surface area contributed by atoms with Gasteiger partial charge in [0.1, 0.15) is 32.3 Å². The van der Waals surface area contributed by atoms with Gasteiger partial charge in [0, 0.05) is 24.4 Å². The molecule has 2 saturated carbocycles. The molecule has 0 bridgehead atoms. The predicted octanol–water partition coefficient (Wildman–Crippen LogP) is 2.30. The van der Waals surface area contributed by atoms with Crippen molar-refractivity contribution < 1.29 is 18.6 Å². The van der Waals surface area contributed by atoms with Crippen LogP contribution in [0.1, 0.15) is 37.1 Å². The van der Waals surface area contributed by atoms with Crippen LogP contribution in [0.2, 0.25) is 0 Å². The van der Waals surface area contributed by atoms with E-state index in [-0.39, 0.29) is 5.75 Å². The number of thiazole rings is 1. The van der Waals surface area contributed by atoms with Crippen LogP contribution in [0.4, 0.5) is 11.8 Å². The van der Waals surface area contributed by atoms with Crippen molar-refractivity contribution in [2.75, 3.05) is 22.6 Å². The smallest absolute Gasteiger partial charge is 0.225 e. The summed E-state index contributed by atoms with van der Waals surface area (Å²) in [7, 11) is -3.30. The van der Waals surface area contributed by atoms with Crippen molar-refractivity contribution in [3.8, 4) is 10.6 Å². The molecule has 12 heteroatoms. The highest BCUT2D eigenvalue weighted by molar-refractivity contribution is 7.90. The summed E-state index contributed by atoms with van der Waals surface area (Å²) in [5.74, 6) is 0.253. The van der Waals surface area contributed by atoms with Gasteiger partial charge in [-0.2, -0.15) is 4.98 Å². The van der Waals surface area contributed by atoms with Crippen molar-refractivity contribution in [2.24, 2.45) is 5.92 Å². The Labute approximate surface area is 208 Å². The Balaban J connectivity index is 1.53. The number of hydrogen-bond acceptors (Lipinski definition) is 11. The number of nitrogens with zero attached hydrogens (tertiary/aromatic N) is 4. The maximum absolute atomic E-state index is 11.8. The Kier molecular flexibility index (Phi) is 6.41. The number of aliphatic hydroxyl groups excluding tert-OH is 2. The van der Waals surface area contributed by atoms with Crippen LogP contribution in [0.5, 0.6) is 0 Å². The molecule has 0 aliphatic heterocycles. The molecular formula is C23H30N6O4S2. The van der Waals surface area contributed by atoms with E-state index in [1.807, 2.05) is 19.9 Å². The van der Waals surface area contributed by atoms with E-state index < -0.39 is 34.0 Å². The first-order valence-corrected chi connectivity index (χ1v) is 14.6. The van der Waals surface area contributed by atoms with Crippen LogP contribution in [0.25, 0.3) is 20.8 Å². The number of fused-ring (bicyclic) bond motifs is 1. The topological polar surface area (TPSA) is 150 Å². The van der Waals surface area contributed by atoms with E-state index in [2.05, 4.69) is 15.6 Å². The van der Waals surface area contributed by atoms with Crippen molar-refractivity contribution in [2.45, 2.75) is 63.8 Å². The van der Waals surface area contributed by atoms with E-state index in [0.29, 0.717) is 24.2 Å². The molecule has 3 aromatic rings. The van der Waals surface area contributed by atoms with Gasteiger partial charge in [-0.05, 0) is 45.6 Å². The van der Waals surface area contributed by atoms with Gasteiger partial charge in [0.05, 0.1) is 39.5 Å². The highest BCUT2D eigenvalue weighted by atomic mass is 32.2. The molecule has 10 nitrogen and oxygen atoms in total. The van der Waals surface area contributed by atoms with Gasteiger partial charge in [0.2, 0.25) is 5.95 Å². The number of rotatable bonds is 7. The molecule has 2 fully saturated rings. The first-order valence-electron chi connectivity index (χ1n) is 11.8. The second-order valence-corrected chi connectivity index (χ2v) is 12.9. The molecule has 3 aromatic heterocycles. The van der Waals surface area contributed by atoms with Crippen LogP contribution in [-0.2, 0) is 9.84 Å². The molecule has 0 unspecified atom stereocenters. The number of nitrogens with one attached hydrogen (secondary N) is 2. The summed E-state index contributed by atoms with van der Waals surface area (Å²) in [4.78, 5) is 18.6. The lowest BCUT2D eigenvalue weighted by atomic mass is 9.93. The minimum Gasteiger partial charge on any atom is -0.390 e. The standard InChI is InChI=1S/C23H30N6O4S2/c1-11-17(22-28-18-12(2)24-8-7-16(18)34-22)21(29-23(25-11)26-14-5-4-6-14)27-15-9-13(10-35(3,32)33)19(30)20(15)31/h7-8,13-15,19-20,30-31H,4-6,9-10H2,1-3H3,(H2,25,26,27,29)/t13-,15-,19-,20+/m1/s1. The summed E-state index contributed by atoms with van der Waals surface area (Å²) in [5.41, 5.74) is 3.10. The zero-order chi connectivity index (χ0) is 24.9. The maximum atomic E-state index is 11.8. The van der Waals surface area contributed by atoms with Crippen molar-refractivity contribution in [1.82, 2.24) is 19.9 Å². The van der Waals surface area contributed by atoms with E-state index in [4.69, 9.17) is 15.0 Å². The van der Waals surface area contributed by atoms with Crippen molar-refractivity contribution >= 4 is 43.2 Å². The Hall–Kier alpha value is -2.41. The molecule has 0 saturated heterocycles. The monoisotopic (exact) mass is 518 g/mol. The van der Waals surface area contributed by atoms with Crippen LogP contribution in [-0.4, -0.2) is 74.9 Å². The van der Waals surface area contributed by atoms with Crippen LogP contribution in [0, 0.1) is 19.8 Å². The SMILES string of the molecule is Cc1nc(NC2CCC2)nc(N[C@@H]2C[C@H](CS(C)(=O)=O)[C@@H](O)[C@H]2O)c1-c1nc2c(C)nccc2s1. The van der Waals surface area contributed by atoms with E-state index in [1.165, 1.54) is 17.8 Å². The fourth-order valence-corrected chi connectivity index (χ4v) is 7.04. The second-order valence-electron chi connectivity index (χ2n) is 9.71. The highest BCUT2D eigenvalue weighted by Crippen LogP contribution is 2.39. The average Bonchev–Trinajstić information content (AvgIpc) is 3.27. The van der Waals surface area contributed by atoms with Gasteiger partial charge < -0.3 is 20.8 Å². The third-order valence-electron chi connectivity index (χ3n) is 6.87. The molecule has 0 aromatic carbocycles. The Morgan fingerprint density at radius 2 is 1.86 bits per heavy atom. The van der Waals surface area contributed by atoms with E-state index in [1.54, 1.807) is 6.20 Å². The minimum absolute atomic E-state index is 0.183. The molecule has 0 spiro atoms.